The number of nitrogens with two attached hydrogens (primary N) is 1. The van der Waals surface area contributed by atoms with Gasteiger partial charge in [0.05, 0.1) is 23.4 Å². The van der Waals surface area contributed by atoms with E-state index in [-0.39, 0.29) is 0 Å². The molecule has 2 aliphatic rings. The van der Waals surface area contributed by atoms with Crippen molar-refractivity contribution in [2.75, 3.05) is 30.8 Å². The highest BCUT2D eigenvalue weighted by Gasteiger charge is 2.22. The third kappa shape index (κ3) is 3.07. The van der Waals surface area contributed by atoms with E-state index in [1.165, 1.54) is 47.2 Å². The van der Waals surface area contributed by atoms with E-state index in [9.17, 15) is 0 Å². The zero-order valence-electron chi connectivity index (χ0n) is 17.3. The van der Waals surface area contributed by atoms with Gasteiger partial charge in [0.1, 0.15) is 11.8 Å². The Morgan fingerprint density at radius 3 is 2.84 bits per heavy atom. The summed E-state index contributed by atoms with van der Waals surface area (Å²) in [6.07, 6.45) is 7.93. The summed E-state index contributed by atoms with van der Waals surface area (Å²) in [5, 5.41) is 12.4. The van der Waals surface area contributed by atoms with Crippen molar-refractivity contribution in [1.29, 1.82) is 0 Å². The monoisotopic (exact) mass is 432 g/mol. The topological polar surface area (TPSA) is 89.3 Å². The number of hydrogen-bond acceptors (Lipinski definition) is 7. The van der Waals surface area contributed by atoms with Crippen LogP contribution in [0.25, 0.3) is 33.3 Å². The first-order valence-corrected chi connectivity index (χ1v) is 11.7. The lowest BCUT2D eigenvalue weighted by atomic mass is 10.1. The van der Waals surface area contributed by atoms with Gasteiger partial charge in [-0.25, -0.2) is 14.9 Å². The SMILES string of the molecule is CN1C=C(c2cc(-c3ccc4cnn(C5CCSCC5)c4c3)n3ncnc(N)c23)CN1. The van der Waals surface area contributed by atoms with Gasteiger partial charge in [-0.3, -0.25) is 4.68 Å². The predicted octanol–water partition coefficient (Wildman–Crippen LogP) is 3.19. The maximum Gasteiger partial charge on any atom is 0.151 e. The first-order valence-electron chi connectivity index (χ1n) is 10.5. The number of nitrogens with zero attached hydrogens (tertiary/aromatic N) is 6. The smallest absolute Gasteiger partial charge is 0.151 e. The molecule has 158 valence electrons. The Hall–Kier alpha value is -3.04. The Morgan fingerprint density at radius 2 is 2.03 bits per heavy atom. The average molecular weight is 433 g/mol. The first-order chi connectivity index (χ1) is 15.2. The van der Waals surface area contributed by atoms with Crippen LogP contribution in [0.15, 0.2) is 43.0 Å². The minimum atomic E-state index is 0.469. The number of fused-ring (bicyclic) bond motifs is 2. The molecule has 0 radical (unpaired) electrons. The zero-order valence-corrected chi connectivity index (χ0v) is 18.1. The van der Waals surface area contributed by atoms with Crippen molar-refractivity contribution in [2.24, 2.45) is 0 Å². The van der Waals surface area contributed by atoms with Gasteiger partial charge in [-0.05, 0) is 42.1 Å². The lowest BCUT2D eigenvalue weighted by molar-refractivity contribution is 0.374. The fourth-order valence-corrected chi connectivity index (χ4v) is 5.72. The summed E-state index contributed by atoms with van der Waals surface area (Å²) in [4.78, 5) is 4.25. The fraction of sp³-hybridized carbons (Fsp3) is 0.318. The van der Waals surface area contributed by atoms with E-state index in [1.807, 2.05) is 34.5 Å². The zero-order chi connectivity index (χ0) is 20.9. The van der Waals surface area contributed by atoms with Crippen LogP contribution in [0.1, 0.15) is 24.4 Å². The molecule has 31 heavy (non-hydrogen) atoms. The van der Waals surface area contributed by atoms with E-state index >= 15 is 0 Å². The van der Waals surface area contributed by atoms with E-state index in [4.69, 9.17) is 10.8 Å². The maximum absolute atomic E-state index is 6.30. The van der Waals surface area contributed by atoms with Crippen LogP contribution >= 0.6 is 11.8 Å². The van der Waals surface area contributed by atoms with E-state index in [1.54, 1.807) is 0 Å². The Bertz CT molecular complexity index is 1310. The van der Waals surface area contributed by atoms with Crippen LogP contribution in [0.2, 0.25) is 0 Å². The largest absolute Gasteiger partial charge is 0.382 e. The van der Waals surface area contributed by atoms with Crippen LogP contribution in [0.5, 0.6) is 0 Å². The van der Waals surface area contributed by atoms with E-state index in [0.717, 1.165) is 28.9 Å². The molecule has 0 bridgehead atoms. The summed E-state index contributed by atoms with van der Waals surface area (Å²) in [7, 11) is 1.99. The summed E-state index contributed by atoms with van der Waals surface area (Å²) < 4.78 is 4.13. The molecule has 0 unspecified atom stereocenters. The standard InChI is InChI=1S/C22H24N8S/c1-28-12-16(11-25-28)18-9-20(30-21(18)22(23)24-13-27-30)14-2-3-15-10-26-29(19(15)8-14)17-4-6-31-7-5-17/h2-3,8-10,12-13,17,25H,4-7,11H2,1H3,(H2,23,24,27). The number of thioether (sulfide) groups is 1. The molecule has 3 aromatic heterocycles. The number of hydrazine groups is 1. The van der Waals surface area contributed by atoms with Crippen molar-refractivity contribution in [3.63, 3.8) is 0 Å². The Kier molecular flexibility index (Phi) is 4.39. The van der Waals surface area contributed by atoms with Crippen LogP contribution in [0, 0.1) is 0 Å². The molecule has 1 saturated heterocycles. The molecule has 9 heteroatoms. The summed E-state index contributed by atoms with van der Waals surface area (Å²) in [5.41, 5.74) is 15.9. The van der Waals surface area contributed by atoms with Crippen LogP contribution in [0.4, 0.5) is 5.82 Å². The number of anilines is 1. The van der Waals surface area contributed by atoms with Gasteiger partial charge in [-0.2, -0.15) is 22.0 Å². The predicted molar refractivity (Wildman–Crippen MR) is 125 cm³/mol. The molecule has 0 saturated carbocycles. The third-order valence-corrected chi connectivity index (χ3v) is 7.28. The molecule has 2 aliphatic heterocycles. The molecule has 1 aromatic carbocycles. The highest BCUT2D eigenvalue weighted by molar-refractivity contribution is 7.99. The van der Waals surface area contributed by atoms with E-state index in [0.29, 0.717) is 11.9 Å². The second-order valence-electron chi connectivity index (χ2n) is 8.16. The van der Waals surface area contributed by atoms with Crippen LogP contribution in [-0.4, -0.2) is 54.5 Å². The van der Waals surface area contributed by atoms with Crippen molar-refractivity contribution < 1.29 is 0 Å². The number of aromatic nitrogens is 5. The molecule has 0 amide bonds. The van der Waals surface area contributed by atoms with Crippen molar-refractivity contribution in [3.05, 3.63) is 48.6 Å². The summed E-state index contributed by atoms with van der Waals surface area (Å²) in [6, 6.07) is 9.17. The molecular formula is C22H24N8S. The minimum absolute atomic E-state index is 0.469. The quantitative estimate of drug-likeness (QED) is 0.514. The summed E-state index contributed by atoms with van der Waals surface area (Å²) in [5.74, 6) is 2.89. The van der Waals surface area contributed by atoms with Gasteiger partial charge >= 0.3 is 0 Å². The Morgan fingerprint density at radius 1 is 1.16 bits per heavy atom. The number of hydrogen-bond donors (Lipinski definition) is 2. The molecule has 3 N–H and O–H groups in total. The Balaban J connectivity index is 1.52. The molecule has 0 aliphatic carbocycles. The minimum Gasteiger partial charge on any atom is -0.382 e. The van der Waals surface area contributed by atoms with Crippen molar-refractivity contribution >= 4 is 39.6 Å². The van der Waals surface area contributed by atoms with Gasteiger partial charge < -0.3 is 10.7 Å². The molecule has 4 aromatic rings. The van der Waals surface area contributed by atoms with Gasteiger partial charge in [0.2, 0.25) is 0 Å². The van der Waals surface area contributed by atoms with Gasteiger partial charge in [-0.1, -0.05) is 12.1 Å². The highest BCUT2D eigenvalue weighted by Crippen LogP contribution is 2.35. The van der Waals surface area contributed by atoms with Crippen molar-refractivity contribution in [2.45, 2.75) is 18.9 Å². The summed E-state index contributed by atoms with van der Waals surface area (Å²) in [6.45, 7) is 0.745. The van der Waals surface area contributed by atoms with Gasteiger partial charge in [-0.15, -0.1) is 0 Å². The van der Waals surface area contributed by atoms with Gasteiger partial charge in [0.25, 0.3) is 0 Å². The normalized spacial score (nSPS) is 17.7. The van der Waals surface area contributed by atoms with E-state index < -0.39 is 0 Å². The lowest BCUT2D eigenvalue weighted by Gasteiger charge is -2.22. The average Bonchev–Trinajstić information content (AvgIpc) is 3.51. The van der Waals surface area contributed by atoms with Crippen molar-refractivity contribution in [1.82, 2.24) is 34.8 Å². The number of rotatable bonds is 3. The van der Waals surface area contributed by atoms with Gasteiger partial charge in [0.15, 0.2) is 5.82 Å². The highest BCUT2D eigenvalue weighted by atomic mass is 32.2. The lowest BCUT2D eigenvalue weighted by Crippen LogP contribution is -2.23. The van der Waals surface area contributed by atoms with Crippen LogP contribution in [0.3, 0.4) is 0 Å². The first kappa shape index (κ1) is 18.7. The molecule has 0 spiro atoms. The molecule has 8 nitrogen and oxygen atoms in total. The molecule has 0 atom stereocenters. The summed E-state index contributed by atoms with van der Waals surface area (Å²) >= 11 is 2.03. The van der Waals surface area contributed by atoms with Gasteiger partial charge in [0, 0.05) is 36.3 Å². The second-order valence-corrected chi connectivity index (χ2v) is 9.38. The number of nitrogen functional groups attached to an aromatic ring is 1. The third-order valence-electron chi connectivity index (χ3n) is 6.23. The molecular weight excluding hydrogens is 408 g/mol. The fourth-order valence-electron chi connectivity index (χ4n) is 4.64. The van der Waals surface area contributed by atoms with Crippen LogP contribution < -0.4 is 11.2 Å². The number of nitrogens with one attached hydrogen (secondary N) is 1. The molecule has 5 heterocycles. The maximum atomic E-state index is 6.30. The molecule has 6 rings (SSSR count). The number of benzene rings is 1. The van der Waals surface area contributed by atoms with Crippen LogP contribution in [-0.2, 0) is 0 Å². The Labute approximate surface area is 184 Å². The molecule has 1 fully saturated rings. The second kappa shape index (κ2) is 7.28. The van der Waals surface area contributed by atoms with E-state index in [2.05, 4.69) is 50.7 Å². The van der Waals surface area contributed by atoms with Crippen molar-refractivity contribution in [3.8, 4) is 11.3 Å².